The lowest BCUT2D eigenvalue weighted by Crippen LogP contribution is -2.36. The molecule has 0 aliphatic carbocycles. The molecule has 0 unspecified atom stereocenters. The van der Waals surface area contributed by atoms with Gasteiger partial charge >= 0.3 is 0 Å². The van der Waals surface area contributed by atoms with E-state index in [9.17, 15) is 4.79 Å². The Morgan fingerprint density at radius 3 is 2.90 bits per heavy atom. The van der Waals surface area contributed by atoms with E-state index in [4.69, 9.17) is 9.47 Å². The van der Waals surface area contributed by atoms with Gasteiger partial charge in [0, 0.05) is 24.5 Å². The SMILES string of the molecule is O=C1CCCN(c2nccc3cc4c(cc23)OCO4)C1. The van der Waals surface area contributed by atoms with Crippen molar-refractivity contribution in [3.8, 4) is 11.5 Å². The smallest absolute Gasteiger partial charge is 0.231 e. The number of hydrogen-bond donors (Lipinski definition) is 0. The predicted octanol–water partition coefficient (Wildman–Crippen LogP) is 2.13. The molecular weight excluding hydrogens is 256 g/mol. The number of ketones is 1. The molecule has 0 amide bonds. The summed E-state index contributed by atoms with van der Waals surface area (Å²) >= 11 is 0. The minimum absolute atomic E-state index is 0.261. The monoisotopic (exact) mass is 270 g/mol. The first-order valence-corrected chi connectivity index (χ1v) is 6.76. The van der Waals surface area contributed by atoms with Crippen LogP contribution in [-0.2, 0) is 4.79 Å². The van der Waals surface area contributed by atoms with Crippen molar-refractivity contribution in [1.82, 2.24) is 4.98 Å². The summed E-state index contributed by atoms with van der Waals surface area (Å²) in [5.41, 5.74) is 0. The molecule has 2 aliphatic rings. The summed E-state index contributed by atoms with van der Waals surface area (Å²) in [5.74, 6) is 2.64. The van der Waals surface area contributed by atoms with Crippen molar-refractivity contribution < 1.29 is 14.3 Å². The van der Waals surface area contributed by atoms with E-state index in [1.54, 1.807) is 6.20 Å². The molecule has 0 spiro atoms. The zero-order chi connectivity index (χ0) is 13.5. The van der Waals surface area contributed by atoms with Crippen molar-refractivity contribution in [2.75, 3.05) is 24.8 Å². The zero-order valence-electron chi connectivity index (χ0n) is 11.0. The molecule has 1 aromatic heterocycles. The average molecular weight is 270 g/mol. The molecule has 1 aromatic carbocycles. The van der Waals surface area contributed by atoms with Gasteiger partial charge in [-0.25, -0.2) is 4.98 Å². The molecule has 0 atom stereocenters. The first kappa shape index (κ1) is 11.5. The van der Waals surface area contributed by atoms with Crippen LogP contribution in [-0.4, -0.2) is 30.6 Å². The Bertz CT molecular complexity index is 699. The van der Waals surface area contributed by atoms with E-state index in [-0.39, 0.29) is 12.6 Å². The van der Waals surface area contributed by atoms with E-state index in [1.165, 1.54) is 0 Å². The molecule has 2 aromatic rings. The fraction of sp³-hybridized carbons (Fsp3) is 0.333. The van der Waals surface area contributed by atoms with Gasteiger partial charge in [0.2, 0.25) is 6.79 Å². The van der Waals surface area contributed by atoms with Gasteiger partial charge in [0.1, 0.15) is 5.82 Å². The molecule has 5 nitrogen and oxygen atoms in total. The predicted molar refractivity (Wildman–Crippen MR) is 74.3 cm³/mol. The van der Waals surface area contributed by atoms with Crippen LogP contribution in [0.2, 0.25) is 0 Å². The van der Waals surface area contributed by atoms with Gasteiger partial charge < -0.3 is 14.4 Å². The second kappa shape index (κ2) is 4.37. The van der Waals surface area contributed by atoms with Crippen LogP contribution in [0.15, 0.2) is 24.4 Å². The summed E-state index contributed by atoms with van der Waals surface area (Å²) in [6, 6.07) is 5.88. The van der Waals surface area contributed by atoms with E-state index in [1.807, 2.05) is 18.2 Å². The number of ether oxygens (including phenoxy) is 2. The Balaban J connectivity index is 1.84. The highest BCUT2D eigenvalue weighted by Crippen LogP contribution is 2.38. The minimum atomic E-state index is 0.261. The van der Waals surface area contributed by atoms with E-state index in [0.29, 0.717) is 13.0 Å². The van der Waals surface area contributed by atoms with Crippen LogP contribution in [0.4, 0.5) is 5.82 Å². The number of nitrogens with zero attached hydrogens (tertiary/aromatic N) is 2. The number of carbonyl (C=O) groups is 1. The number of aromatic nitrogens is 1. The number of benzene rings is 1. The van der Waals surface area contributed by atoms with Crippen molar-refractivity contribution in [3.63, 3.8) is 0 Å². The summed E-state index contributed by atoms with van der Waals surface area (Å²) in [6.45, 7) is 1.57. The second-order valence-electron chi connectivity index (χ2n) is 5.12. The van der Waals surface area contributed by atoms with Gasteiger partial charge in [0.15, 0.2) is 17.3 Å². The molecule has 5 heteroatoms. The number of carbonyl (C=O) groups excluding carboxylic acids is 1. The first-order chi connectivity index (χ1) is 9.81. The summed E-state index contributed by atoms with van der Waals surface area (Å²) in [5, 5.41) is 2.06. The lowest BCUT2D eigenvalue weighted by molar-refractivity contribution is -0.118. The maximum atomic E-state index is 11.7. The number of Topliss-reactive ketones (excluding diaryl/α,β-unsaturated/α-hetero) is 1. The van der Waals surface area contributed by atoms with Crippen LogP contribution >= 0.6 is 0 Å². The molecule has 20 heavy (non-hydrogen) atoms. The Labute approximate surface area is 116 Å². The van der Waals surface area contributed by atoms with E-state index in [2.05, 4.69) is 9.88 Å². The van der Waals surface area contributed by atoms with Gasteiger partial charge in [-0.3, -0.25) is 4.79 Å². The normalized spacial score (nSPS) is 17.8. The number of pyridine rings is 1. The van der Waals surface area contributed by atoms with Crippen LogP contribution in [0.3, 0.4) is 0 Å². The highest BCUT2D eigenvalue weighted by atomic mass is 16.7. The molecule has 102 valence electrons. The topological polar surface area (TPSA) is 51.7 Å². The maximum Gasteiger partial charge on any atom is 0.231 e. The van der Waals surface area contributed by atoms with Crippen molar-refractivity contribution in [1.29, 1.82) is 0 Å². The van der Waals surface area contributed by atoms with Crippen LogP contribution in [0.25, 0.3) is 10.8 Å². The Morgan fingerprint density at radius 2 is 2.05 bits per heavy atom. The molecule has 4 rings (SSSR count). The fourth-order valence-electron chi connectivity index (χ4n) is 2.82. The van der Waals surface area contributed by atoms with Crippen molar-refractivity contribution in [2.24, 2.45) is 0 Å². The van der Waals surface area contributed by atoms with Crippen LogP contribution in [0.1, 0.15) is 12.8 Å². The fourth-order valence-corrected chi connectivity index (χ4v) is 2.82. The number of anilines is 1. The van der Waals surface area contributed by atoms with Gasteiger partial charge in [-0.1, -0.05) is 0 Å². The van der Waals surface area contributed by atoms with Crippen LogP contribution in [0.5, 0.6) is 11.5 Å². The summed E-state index contributed by atoms with van der Waals surface area (Å²) in [7, 11) is 0. The van der Waals surface area contributed by atoms with Crippen LogP contribution in [0, 0.1) is 0 Å². The van der Waals surface area contributed by atoms with Crippen LogP contribution < -0.4 is 14.4 Å². The summed E-state index contributed by atoms with van der Waals surface area (Å²) in [4.78, 5) is 18.2. The van der Waals surface area contributed by atoms with Gasteiger partial charge in [-0.15, -0.1) is 0 Å². The lowest BCUT2D eigenvalue weighted by atomic mass is 10.1. The van der Waals surface area contributed by atoms with E-state index >= 15 is 0 Å². The zero-order valence-corrected chi connectivity index (χ0v) is 11.0. The highest BCUT2D eigenvalue weighted by molar-refractivity contribution is 5.96. The number of piperidine rings is 1. The minimum Gasteiger partial charge on any atom is -0.454 e. The van der Waals surface area contributed by atoms with E-state index in [0.717, 1.165) is 41.1 Å². The third-order valence-electron chi connectivity index (χ3n) is 3.79. The number of rotatable bonds is 1. The van der Waals surface area contributed by atoms with Gasteiger partial charge in [-0.2, -0.15) is 0 Å². The largest absolute Gasteiger partial charge is 0.454 e. The van der Waals surface area contributed by atoms with Gasteiger partial charge in [0.25, 0.3) is 0 Å². The Kier molecular flexibility index (Phi) is 2.52. The standard InChI is InChI=1S/C15H14N2O3/c18-11-2-1-5-17(8-11)15-12-7-14-13(19-9-20-14)6-10(12)3-4-16-15/h3-4,6-7H,1-2,5,8-9H2. The lowest BCUT2D eigenvalue weighted by Gasteiger charge is -2.27. The molecule has 1 fully saturated rings. The number of fused-ring (bicyclic) bond motifs is 2. The molecule has 3 heterocycles. The van der Waals surface area contributed by atoms with E-state index < -0.39 is 0 Å². The molecule has 0 N–H and O–H groups in total. The van der Waals surface area contributed by atoms with Crippen molar-refractivity contribution in [2.45, 2.75) is 12.8 Å². The highest BCUT2D eigenvalue weighted by Gasteiger charge is 2.22. The Hall–Kier alpha value is -2.30. The maximum absolute atomic E-state index is 11.7. The third kappa shape index (κ3) is 1.78. The molecular formula is C15H14N2O3. The number of hydrogen-bond acceptors (Lipinski definition) is 5. The summed E-state index contributed by atoms with van der Waals surface area (Å²) in [6.07, 6.45) is 3.34. The second-order valence-corrected chi connectivity index (χ2v) is 5.12. The van der Waals surface area contributed by atoms with Crippen molar-refractivity contribution in [3.05, 3.63) is 24.4 Å². The molecule has 0 radical (unpaired) electrons. The van der Waals surface area contributed by atoms with Crippen molar-refractivity contribution >= 4 is 22.4 Å². The Morgan fingerprint density at radius 1 is 1.20 bits per heavy atom. The van der Waals surface area contributed by atoms with Gasteiger partial charge in [-0.05, 0) is 30.0 Å². The molecule has 2 aliphatic heterocycles. The molecule has 0 saturated carbocycles. The quantitative estimate of drug-likeness (QED) is 0.794. The third-order valence-corrected chi connectivity index (χ3v) is 3.79. The molecule has 1 saturated heterocycles. The molecule has 0 bridgehead atoms. The first-order valence-electron chi connectivity index (χ1n) is 6.76. The van der Waals surface area contributed by atoms with Gasteiger partial charge in [0.05, 0.1) is 6.54 Å². The summed E-state index contributed by atoms with van der Waals surface area (Å²) < 4.78 is 10.8. The average Bonchev–Trinajstić information content (AvgIpc) is 2.91.